The molecule has 7 heteroatoms. The molecular formula is C17H23F2N3O2. The van der Waals surface area contributed by atoms with Crippen LogP contribution in [0.15, 0.2) is 12.3 Å². The van der Waals surface area contributed by atoms with E-state index in [1.54, 1.807) is 12.3 Å². The van der Waals surface area contributed by atoms with E-state index >= 15 is 0 Å². The van der Waals surface area contributed by atoms with Crippen LogP contribution in [-0.2, 0) is 16.1 Å². The molecule has 2 fully saturated rings. The van der Waals surface area contributed by atoms with Gasteiger partial charge in [0.05, 0.1) is 18.8 Å². The van der Waals surface area contributed by atoms with Crippen molar-refractivity contribution < 1.29 is 18.3 Å². The molecule has 5 nitrogen and oxygen atoms in total. The minimum Gasteiger partial charge on any atom is -0.381 e. The molecule has 24 heavy (non-hydrogen) atoms. The number of rotatable bonds is 4. The number of carbonyl (C=O) groups excluding carboxylic acids is 1. The number of aromatic nitrogens is 2. The van der Waals surface area contributed by atoms with Gasteiger partial charge in [0.2, 0.25) is 11.8 Å². The Bertz CT molecular complexity index is 567. The number of hydrogen-bond acceptors (Lipinski definition) is 4. The number of carbonyl (C=O) groups is 1. The third kappa shape index (κ3) is 4.47. The van der Waals surface area contributed by atoms with Crippen LogP contribution in [0.4, 0.5) is 8.78 Å². The quantitative estimate of drug-likeness (QED) is 0.916. The summed E-state index contributed by atoms with van der Waals surface area (Å²) in [5.74, 6) is -2.14. The smallest absolute Gasteiger partial charge is 0.248 e. The summed E-state index contributed by atoms with van der Waals surface area (Å²) >= 11 is 0. The maximum Gasteiger partial charge on any atom is 0.248 e. The molecule has 1 saturated heterocycles. The maximum absolute atomic E-state index is 13.2. The lowest BCUT2D eigenvalue weighted by molar-refractivity contribution is -0.129. The summed E-state index contributed by atoms with van der Waals surface area (Å²) in [6.07, 6.45) is 3.78. The highest BCUT2D eigenvalue weighted by molar-refractivity contribution is 5.78. The van der Waals surface area contributed by atoms with Crippen LogP contribution in [0.25, 0.3) is 0 Å². The van der Waals surface area contributed by atoms with Crippen molar-refractivity contribution in [1.29, 1.82) is 0 Å². The van der Waals surface area contributed by atoms with Crippen molar-refractivity contribution in [3.8, 4) is 0 Å². The number of halogens is 2. The van der Waals surface area contributed by atoms with E-state index in [0.29, 0.717) is 13.2 Å². The summed E-state index contributed by atoms with van der Waals surface area (Å²) in [5, 5.41) is 2.82. The molecular weight excluding hydrogens is 316 g/mol. The van der Waals surface area contributed by atoms with Gasteiger partial charge < -0.3 is 10.1 Å². The molecule has 1 aromatic heterocycles. The highest BCUT2D eigenvalue weighted by Crippen LogP contribution is 2.36. The molecule has 0 aromatic carbocycles. The first kappa shape index (κ1) is 17.2. The molecule has 2 heterocycles. The predicted molar refractivity (Wildman–Crippen MR) is 83.6 cm³/mol. The van der Waals surface area contributed by atoms with Crippen LogP contribution >= 0.6 is 0 Å². The fraction of sp³-hybridized carbons (Fsp3) is 0.706. The SMILES string of the molecule is O=C(NCc1ccnc([C@@H]2CCCOC2)n1)C1CCC(F)(F)CC1. The lowest BCUT2D eigenvalue weighted by Gasteiger charge is -2.27. The summed E-state index contributed by atoms with van der Waals surface area (Å²) in [6.45, 7) is 1.72. The molecule has 0 unspecified atom stereocenters. The average molecular weight is 339 g/mol. The molecule has 132 valence electrons. The largest absolute Gasteiger partial charge is 0.381 e. The molecule has 0 spiro atoms. The van der Waals surface area contributed by atoms with Crippen LogP contribution < -0.4 is 5.32 Å². The Morgan fingerprint density at radius 2 is 2.12 bits per heavy atom. The van der Waals surface area contributed by atoms with Crippen molar-refractivity contribution in [1.82, 2.24) is 15.3 Å². The van der Waals surface area contributed by atoms with Crippen LogP contribution in [-0.4, -0.2) is 35.0 Å². The van der Waals surface area contributed by atoms with Crippen molar-refractivity contribution in [3.63, 3.8) is 0 Å². The third-order valence-corrected chi connectivity index (χ3v) is 4.79. The zero-order chi connectivity index (χ0) is 17.0. The van der Waals surface area contributed by atoms with Crippen LogP contribution in [0.1, 0.15) is 56.0 Å². The molecule has 0 bridgehead atoms. The Morgan fingerprint density at radius 1 is 1.33 bits per heavy atom. The number of nitrogens with zero attached hydrogens (tertiary/aromatic N) is 2. The lowest BCUT2D eigenvalue weighted by atomic mass is 9.86. The molecule has 1 saturated carbocycles. The lowest BCUT2D eigenvalue weighted by Crippen LogP contribution is -2.35. The molecule has 1 N–H and O–H groups in total. The first-order chi connectivity index (χ1) is 11.5. The highest BCUT2D eigenvalue weighted by Gasteiger charge is 2.37. The van der Waals surface area contributed by atoms with Crippen LogP contribution in [0.3, 0.4) is 0 Å². The topological polar surface area (TPSA) is 64.1 Å². The van der Waals surface area contributed by atoms with Crippen molar-refractivity contribution in [3.05, 3.63) is 23.8 Å². The zero-order valence-corrected chi connectivity index (χ0v) is 13.6. The van der Waals surface area contributed by atoms with E-state index in [0.717, 1.165) is 31.0 Å². The Morgan fingerprint density at radius 3 is 2.83 bits per heavy atom. The fourth-order valence-electron chi connectivity index (χ4n) is 3.28. The van der Waals surface area contributed by atoms with Crippen LogP contribution in [0, 0.1) is 5.92 Å². The van der Waals surface area contributed by atoms with Gasteiger partial charge in [-0.2, -0.15) is 0 Å². The Balaban J connectivity index is 1.52. The van der Waals surface area contributed by atoms with Gasteiger partial charge in [-0.05, 0) is 31.7 Å². The Labute approximate surface area is 140 Å². The van der Waals surface area contributed by atoms with Crippen molar-refractivity contribution in [2.75, 3.05) is 13.2 Å². The van der Waals surface area contributed by atoms with E-state index in [1.165, 1.54) is 0 Å². The molecule has 1 aromatic rings. The van der Waals surface area contributed by atoms with Gasteiger partial charge in [0.1, 0.15) is 5.82 Å². The second kappa shape index (κ2) is 7.51. The molecule has 1 amide bonds. The molecule has 0 radical (unpaired) electrons. The molecule has 2 aliphatic rings. The summed E-state index contributed by atoms with van der Waals surface area (Å²) in [7, 11) is 0. The second-order valence-electron chi connectivity index (χ2n) is 6.67. The number of alkyl halides is 2. The number of amides is 1. The van der Waals surface area contributed by atoms with Crippen molar-refractivity contribution in [2.24, 2.45) is 5.92 Å². The first-order valence-corrected chi connectivity index (χ1v) is 8.59. The predicted octanol–water partition coefficient (Wildman–Crippen LogP) is 2.81. The van der Waals surface area contributed by atoms with Gasteiger partial charge in [-0.15, -0.1) is 0 Å². The van der Waals surface area contributed by atoms with Gasteiger partial charge in [0.15, 0.2) is 0 Å². The summed E-state index contributed by atoms with van der Waals surface area (Å²) < 4.78 is 31.8. The highest BCUT2D eigenvalue weighted by atomic mass is 19.3. The Kier molecular flexibility index (Phi) is 5.38. The minimum absolute atomic E-state index is 0.160. The second-order valence-corrected chi connectivity index (χ2v) is 6.67. The Hall–Kier alpha value is -1.63. The molecule has 1 aliphatic carbocycles. The van der Waals surface area contributed by atoms with Gasteiger partial charge >= 0.3 is 0 Å². The van der Waals surface area contributed by atoms with E-state index in [1.807, 2.05) is 0 Å². The molecule has 1 atom stereocenters. The van der Waals surface area contributed by atoms with Gasteiger partial charge in [0.25, 0.3) is 0 Å². The minimum atomic E-state index is -2.61. The van der Waals surface area contributed by atoms with E-state index in [9.17, 15) is 13.6 Å². The van der Waals surface area contributed by atoms with Gasteiger partial charge in [0, 0.05) is 37.5 Å². The van der Waals surface area contributed by atoms with Gasteiger partial charge in [-0.25, -0.2) is 18.7 Å². The third-order valence-electron chi connectivity index (χ3n) is 4.79. The monoisotopic (exact) mass is 339 g/mol. The molecule has 3 rings (SSSR count). The van der Waals surface area contributed by atoms with E-state index in [-0.39, 0.29) is 43.4 Å². The zero-order valence-electron chi connectivity index (χ0n) is 13.6. The summed E-state index contributed by atoms with van der Waals surface area (Å²) in [6, 6.07) is 1.77. The molecule has 1 aliphatic heterocycles. The first-order valence-electron chi connectivity index (χ1n) is 8.59. The van der Waals surface area contributed by atoms with Crippen molar-refractivity contribution >= 4 is 5.91 Å². The van der Waals surface area contributed by atoms with E-state index < -0.39 is 5.92 Å². The van der Waals surface area contributed by atoms with E-state index in [4.69, 9.17) is 4.74 Å². The van der Waals surface area contributed by atoms with Crippen LogP contribution in [0.2, 0.25) is 0 Å². The maximum atomic E-state index is 13.2. The van der Waals surface area contributed by atoms with Crippen LogP contribution in [0.5, 0.6) is 0 Å². The number of ether oxygens (including phenoxy) is 1. The van der Waals surface area contributed by atoms with E-state index in [2.05, 4.69) is 15.3 Å². The van der Waals surface area contributed by atoms with Crippen molar-refractivity contribution in [2.45, 2.75) is 56.9 Å². The standard InChI is InChI=1S/C17H23F2N3O2/c18-17(19)6-3-12(4-7-17)16(23)21-10-14-5-8-20-15(22-14)13-2-1-9-24-11-13/h5,8,12-13H,1-4,6-7,9-11H2,(H,21,23)/t13-/m1/s1. The fourth-order valence-corrected chi connectivity index (χ4v) is 3.28. The van der Waals surface area contributed by atoms with Gasteiger partial charge in [-0.3, -0.25) is 4.79 Å². The number of nitrogens with one attached hydrogen (secondary N) is 1. The van der Waals surface area contributed by atoms with Gasteiger partial charge in [-0.1, -0.05) is 0 Å². The summed E-state index contributed by atoms with van der Waals surface area (Å²) in [4.78, 5) is 21.0. The number of hydrogen-bond donors (Lipinski definition) is 1. The average Bonchev–Trinajstić information content (AvgIpc) is 2.61. The summed E-state index contributed by atoms with van der Waals surface area (Å²) in [5.41, 5.74) is 0.736. The normalized spacial score (nSPS) is 24.5.